The molecular weight excluding hydrogens is 1810 g/mol. The first-order valence-corrected chi connectivity index (χ1v) is 47.7. The third-order valence-electron chi connectivity index (χ3n) is 25.4. The number of carbonyl (C=O) groups excluding carboxylic acids is 5. The second-order valence-electron chi connectivity index (χ2n) is 36.4. The molecule has 0 aliphatic carbocycles. The molecule has 0 saturated carbocycles. The number of allylic oxidation sites excluding steroid dienone is 3. The Bertz CT molecular complexity index is 3620. The molecule has 6 heterocycles. The van der Waals surface area contributed by atoms with Crippen molar-refractivity contribution in [2.24, 2.45) is 5.92 Å². The minimum atomic E-state index is -3.71. The number of aliphatic hydroxyl groups excluding tert-OH is 19. The van der Waals surface area contributed by atoms with Gasteiger partial charge in [-0.05, 0) is 51.9 Å². The summed E-state index contributed by atoms with van der Waals surface area (Å²) in [6.45, 7) is -0.637. The Hall–Kier alpha value is -5.80. The zero-order chi connectivity index (χ0) is 101. The molecule has 46 nitrogen and oxygen atoms in total. The van der Waals surface area contributed by atoms with Crippen molar-refractivity contribution in [3.63, 3.8) is 0 Å². The standard InChI is InChI=1S/C90H154N4O42/c1-7-9-11-13-15-17-19-21-22-24-26-28-30-32-34-36-64(110)94-53(54(105)35-33-31-29-27-25-23-20-18-16-14-12-10-8-2)47-125-83-74(117)73(116)76(62(45-99)127-83)129-84-75(118)81(77(63(46-100)128-84)130-82-52(37-48(3)101)68(111)70(113)59(42-96)126-82)136-90(87(123)124)40-57(108)67(93-51(6)104)80(135-90)72(115)61(44-98)132-89(86(121)122)39-56(107)66(92-50(5)103)79(134-89)71(114)60(43-97)131-88(85(119)120)38-55(106)65(91-49(4)102)78(133-88)69(112)58(109)41-95/h17,19,33,35,52-63,65-84,95-100,105-109,111-118H,7-16,18,20-32,34,36-47H2,1-6H3,(H,91,102)(H,92,103)(H,93,104)(H,94,110)(H,119,120)(H,121,122)(H,123,124). The van der Waals surface area contributed by atoms with Gasteiger partial charge in [-0.15, -0.1) is 0 Å². The van der Waals surface area contributed by atoms with Gasteiger partial charge < -0.3 is 195 Å². The number of carboxylic acid groups (broad SMARTS) is 3. The van der Waals surface area contributed by atoms with Gasteiger partial charge in [-0.1, -0.05) is 154 Å². The highest BCUT2D eigenvalue weighted by atomic mass is 16.8. The minimum Gasteiger partial charge on any atom is -0.477 e. The number of rotatable bonds is 63. The molecule has 0 radical (unpaired) electrons. The van der Waals surface area contributed by atoms with E-state index < -0.39 is 332 Å². The molecule has 786 valence electrons. The normalized spacial score (nSPS) is 34.1. The molecule has 35 atom stereocenters. The van der Waals surface area contributed by atoms with Crippen LogP contribution in [0.5, 0.6) is 0 Å². The number of hydrogen-bond acceptors (Lipinski definition) is 39. The van der Waals surface area contributed by atoms with Crippen LogP contribution in [-0.4, -0.2) is 413 Å². The highest BCUT2D eigenvalue weighted by molar-refractivity contribution is 5.79. The number of hydrogen-bond donors (Lipinski definition) is 26. The van der Waals surface area contributed by atoms with E-state index in [4.69, 9.17) is 56.8 Å². The summed E-state index contributed by atoms with van der Waals surface area (Å²) in [4.78, 5) is 107. The molecule has 6 rings (SSSR count). The van der Waals surface area contributed by atoms with Crippen LogP contribution in [0.4, 0.5) is 0 Å². The van der Waals surface area contributed by atoms with Crippen LogP contribution >= 0.6 is 0 Å². The van der Waals surface area contributed by atoms with E-state index in [1.807, 2.05) is 0 Å². The summed E-state index contributed by atoms with van der Waals surface area (Å²) in [7, 11) is 0. The van der Waals surface area contributed by atoms with Crippen LogP contribution in [0.2, 0.25) is 0 Å². The third-order valence-corrected chi connectivity index (χ3v) is 25.4. The van der Waals surface area contributed by atoms with Crippen molar-refractivity contribution in [1.82, 2.24) is 21.3 Å². The predicted molar refractivity (Wildman–Crippen MR) is 470 cm³/mol. The topological polar surface area (TPSA) is 741 Å². The number of amides is 4. The van der Waals surface area contributed by atoms with Crippen molar-refractivity contribution in [3.8, 4) is 0 Å². The maximum absolute atomic E-state index is 14.4. The average molecular weight is 1960 g/mol. The molecule has 6 aliphatic heterocycles. The van der Waals surface area contributed by atoms with Crippen LogP contribution in [0, 0.1) is 5.92 Å². The highest BCUT2D eigenvalue weighted by Crippen LogP contribution is 2.45. The molecule has 0 aromatic carbocycles. The number of carboxylic acids is 3. The number of aliphatic hydroxyl groups is 19. The van der Waals surface area contributed by atoms with Crippen LogP contribution in [-0.2, 0) is 95.2 Å². The van der Waals surface area contributed by atoms with Gasteiger partial charge in [-0.25, -0.2) is 14.4 Å². The fourth-order valence-electron chi connectivity index (χ4n) is 18.0. The first-order chi connectivity index (χ1) is 64.6. The van der Waals surface area contributed by atoms with Gasteiger partial charge in [-0.2, -0.15) is 0 Å². The third kappa shape index (κ3) is 34.2. The molecule has 0 aromatic rings. The van der Waals surface area contributed by atoms with E-state index in [1.54, 1.807) is 6.08 Å². The highest BCUT2D eigenvalue weighted by Gasteiger charge is 2.65. The molecule has 136 heavy (non-hydrogen) atoms. The molecule has 6 aliphatic rings. The van der Waals surface area contributed by atoms with Crippen molar-refractivity contribution >= 4 is 47.3 Å². The molecule has 0 aromatic heterocycles. The van der Waals surface area contributed by atoms with Crippen molar-refractivity contribution in [1.29, 1.82) is 0 Å². The second-order valence-corrected chi connectivity index (χ2v) is 36.4. The summed E-state index contributed by atoms with van der Waals surface area (Å²) in [6.07, 6.45) is -32.9. The number of Topliss-reactive ketones (excluding diaryl/α,β-unsaturated/α-hetero) is 1. The van der Waals surface area contributed by atoms with Crippen LogP contribution in [0.25, 0.3) is 0 Å². The van der Waals surface area contributed by atoms with Gasteiger partial charge >= 0.3 is 17.9 Å². The summed E-state index contributed by atoms with van der Waals surface area (Å²) in [5.41, 5.74) is 0. The number of aliphatic carboxylic acids is 3. The van der Waals surface area contributed by atoms with E-state index in [-0.39, 0.29) is 6.42 Å². The van der Waals surface area contributed by atoms with E-state index >= 15 is 0 Å². The Morgan fingerprint density at radius 2 is 0.809 bits per heavy atom. The van der Waals surface area contributed by atoms with E-state index in [9.17, 15) is 151 Å². The first-order valence-electron chi connectivity index (χ1n) is 47.7. The Morgan fingerprint density at radius 1 is 0.419 bits per heavy atom. The van der Waals surface area contributed by atoms with Gasteiger partial charge in [0.1, 0.15) is 122 Å². The van der Waals surface area contributed by atoms with Gasteiger partial charge in [0.2, 0.25) is 23.6 Å². The summed E-state index contributed by atoms with van der Waals surface area (Å²) < 4.78 is 71.9. The van der Waals surface area contributed by atoms with Gasteiger partial charge in [-0.3, -0.25) is 19.2 Å². The Labute approximate surface area is 790 Å². The van der Waals surface area contributed by atoms with Gasteiger partial charge in [0.05, 0.1) is 101 Å². The number of ether oxygens (including phenoxy) is 12. The monoisotopic (exact) mass is 1960 g/mol. The molecule has 0 bridgehead atoms. The average Bonchev–Trinajstić information content (AvgIpc) is 0.732. The molecule has 6 fully saturated rings. The van der Waals surface area contributed by atoms with Crippen molar-refractivity contribution < 1.29 is 208 Å². The smallest absolute Gasteiger partial charge is 0.364 e. The fraction of sp³-hybridized carbons (Fsp3) is 0.867. The quantitative estimate of drug-likeness (QED) is 0.0206. The van der Waals surface area contributed by atoms with Crippen molar-refractivity contribution in [2.45, 2.75) is 441 Å². The summed E-state index contributed by atoms with van der Waals surface area (Å²) in [5.74, 6) is -23.6. The molecule has 6 saturated heterocycles. The number of unbranched alkanes of at least 4 members (excludes halogenated alkanes) is 22. The number of ketones is 1. The minimum absolute atomic E-state index is 0.0738. The molecule has 26 N–H and O–H groups in total. The van der Waals surface area contributed by atoms with Crippen molar-refractivity contribution in [3.05, 3.63) is 24.3 Å². The van der Waals surface area contributed by atoms with Crippen LogP contribution in [0.3, 0.4) is 0 Å². The number of nitrogens with one attached hydrogen (secondary N) is 4. The lowest BCUT2D eigenvalue weighted by Gasteiger charge is -2.53. The van der Waals surface area contributed by atoms with Crippen LogP contribution in [0.1, 0.15) is 234 Å². The Morgan fingerprint density at radius 3 is 1.24 bits per heavy atom. The maximum Gasteiger partial charge on any atom is 0.364 e. The lowest BCUT2D eigenvalue weighted by atomic mass is 9.86. The van der Waals surface area contributed by atoms with E-state index in [0.29, 0.717) is 12.8 Å². The Balaban J connectivity index is 1.32. The zero-order valence-corrected chi connectivity index (χ0v) is 78.5. The van der Waals surface area contributed by atoms with E-state index in [1.165, 1.54) is 70.3 Å². The predicted octanol–water partition coefficient (Wildman–Crippen LogP) is -3.65. The molecule has 35 unspecified atom stereocenters. The molecule has 0 spiro atoms. The molecule has 46 heteroatoms. The lowest BCUT2D eigenvalue weighted by Crippen LogP contribution is -2.72. The second kappa shape index (κ2) is 59.3. The summed E-state index contributed by atoms with van der Waals surface area (Å²) in [5, 5.41) is 261. The SMILES string of the molecule is CCCCCCC=CCCCCCCCCCC(=O)NC(COC1OC(CO)C(OC2OC(CO)C(OC3OC(CO)C(O)C(O)C3CC(C)=O)C(OC3(C(=O)O)CC(O)C(NC(C)=O)C(C(O)C(CO)OC4(C(=O)O)CC(O)C(NC(C)=O)C(C(O)C(CO)OC5(C(=O)O)CC(O)C(NC(C)=O)C(C(O)C(O)CO)O5)O4)O3)C2O)C(O)C1O)C(O)C=CCCCCCCCCCCCCC. The van der Waals surface area contributed by atoms with Crippen molar-refractivity contribution in [2.75, 3.05) is 46.2 Å². The van der Waals surface area contributed by atoms with Crippen LogP contribution in [0.15, 0.2) is 24.3 Å². The zero-order valence-electron chi connectivity index (χ0n) is 78.5. The van der Waals surface area contributed by atoms with Gasteiger partial charge in [0.15, 0.2) is 18.9 Å². The lowest BCUT2D eigenvalue weighted by molar-refractivity contribution is -0.404. The molecule has 4 amide bonds. The van der Waals surface area contributed by atoms with E-state index in [0.717, 1.165) is 111 Å². The van der Waals surface area contributed by atoms with Crippen LogP contribution < -0.4 is 21.3 Å². The first kappa shape index (κ1) is 119. The maximum atomic E-state index is 14.4. The Kier molecular flexibility index (Phi) is 51.9. The largest absolute Gasteiger partial charge is 0.477 e. The fourth-order valence-corrected chi connectivity index (χ4v) is 18.0. The molecular formula is C90H154N4O42. The summed E-state index contributed by atoms with van der Waals surface area (Å²) >= 11 is 0. The van der Waals surface area contributed by atoms with Gasteiger partial charge in [0, 0.05) is 58.8 Å². The van der Waals surface area contributed by atoms with E-state index in [2.05, 4.69) is 47.3 Å². The number of carbonyl (C=O) groups is 8. The van der Waals surface area contributed by atoms with Gasteiger partial charge in [0.25, 0.3) is 17.4 Å². The summed E-state index contributed by atoms with van der Waals surface area (Å²) in [6, 6.07) is -7.30.